The zero-order valence-corrected chi connectivity index (χ0v) is 17.5. The molecule has 5 rings (SSSR count). The van der Waals surface area contributed by atoms with E-state index in [0.29, 0.717) is 16.9 Å². The minimum Gasteiger partial charge on any atom is -0.309 e. The van der Waals surface area contributed by atoms with Gasteiger partial charge in [0.05, 0.1) is 11.3 Å². The van der Waals surface area contributed by atoms with Crippen molar-refractivity contribution in [1.82, 2.24) is 4.98 Å². The van der Waals surface area contributed by atoms with Gasteiger partial charge < -0.3 is 4.90 Å². The lowest BCUT2D eigenvalue weighted by Gasteiger charge is -2.22. The molecule has 1 N–H and O–H groups in total. The Bertz CT molecular complexity index is 1210. The highest BCUT2D eigenvalue weighted by Crippen LogP contribution is 2.40. The summed E-state index contributed by atoms with van der Waals surface area (Å²) < 4.78 is 26.9. The van der Waals surface area contributed by atoms with E-state index in [-0.39, 0.29) is 23.4 Å². The molecule has 158 valence electrons. The van der Waals surface area contributed by atoms with Crippen molar-refractivity contribution in [3.8, 4) is 11.3 Å². The van der Waals surface area contributed by atoms with Crippen molar-refractivity contribution in [2.45, 2.75) is 32.2 Å². The molecule has 0 saturated heterocycles. The molecule has 1 aliphatic heterocycles. The predicted octanol–water partition coefficient (Wildman–Crippen LogP) is 5.03. The van der Waals surface area contributed by atoms with E-state index >= 15 is 0 Å². The lowest BCUT2D eigenvalue weighted by Crippen LogP contribution is -2.36. The van der Waals surface area contributed by atoms with Crippen LogP contribution in [0.25, 0.3) is 11.3 Å². The molecule has 2 aromatic carbocycles. The van der Waals surface area contributed by atoms with Crippen molar-refractivity contribution >= 4 is 34.0 Å². The van der Waals surface area contributed by atoms with Crippen molar-refractivity contribution in [2.75, 3.05) is 10.2 Å². The first-order valence-electron chi connectivity index (χ1n) is 10.1. The average molecular weight is 439 g/mol. The first-order chi connectivity index (χ1) is 14.9. The average Bonchev–Trinajstić information content (AvgIpc) is 3.39. The van der Waals surface area contributed by atoms with Gasteiger partial charge in [-0.3, -0.25) is 14.9 Å². The SMILES string of the molecule is C[C@H]1Cc2cc(-c3csc(NC(=O)c4ccc(F)cc4F)n3)ccc2N1C(=O)C1CC1. The second-order valence-corrected chi connectivity index (χ2v) is 8.85. The number of nitrogens with one attached hydrogen (secondary N) is 1. The van der Waals surface area contributed by atoms with Crippen LogP contribution in [0.15, 0.2) is 41.8 Å². The maximum absolute atomic E-state index is 13.8. The molecule has 0 unspecified atom stereocenters. The summed E-state index contributed by atoms with van der Waals surface area (Å²) in [6.45, 7) is 2.06. The molecule has 1 atom stereocenters. The Morgan fingerprint density at radius 3 is 2.71 bits per heavy atom. The van der Waals surface area contributed by atoms with Crippen molar-refractivity contribution in [3.63, 3.8) is 0 Å². The first-order valence-corrected chi connectivity index (χ1v) is 11.0. The molecule has 2 heterocycles. The molecule has 3 aromatic rings. The van der Waals surface area contributed by atoms with Crippen LogP contribution in [0.4, 0.5) is 19.6 Å². The van der Waals surface area contributed by atoms with Crippen LogP contribution in [0.1, 0.15) is 35.7 Å². The fourth-order valence-corrected chi connectivity index (χ4v) is 4.67. The standard InChI is InChI=1S/C23H19F2N3O2S/c1-12-8-15-9-14(4-7-20(15)28(12)22(30)13-2-3-13)19-11-31-23(26-19)27-21(29)17-6-5-16(24)10-18(17)25/h4-7,9-13H,2-3,8H2,1H3,(H,26,27,29)/t12-/m0/s1. The maximum atomic E-state index is 13.8. The smallest absolute Gasteiger partial charge is 0.260 e. The van der Waals surface area contributed by atoms with Gasteiger partial charge in [-0.15, -0.1) is 11.3 Å². The van der Waals surface area contributed by atoms with Gasteiger partial charge in [0.1, 0.15) is 11.6 Å². The number of carbonyl (C=O) groups excluding carboxylic acids is 2. The molecule has 1 aromatic heterocycles. The number of benzene rings is 2. The number of rotatable bonds is 4. The molecule has 1 aliphatic carbocycles. The van der Waals surface area contributed by atoms with Crippen LogP contribution in [-0.4, -0.2) is 22.8 Å². The zero-order valence-electron chi connectivity index (χ0n) is 16.7. The van der Waals surface area contributed by atoms with E-state index in [1.807, 2.05) is 28.5 Å². The van der Waals surface area contributed by atoms with Gasteiger partial charge in [-0.1, -0.05) is 6.07 Å². The van der Waals surface area contributed by atoms with Gasteiger partial charge in [0.15, 0.2) is 5.13 Å². The highest BCUT2D eigenvalue weighted by molar-refractivity contribution is 7.14. The summed E-state index contributed by atoms with van der Waals surface area (Å²) >= 11 is 1.22. The second-order valence-electron chi connectivity index (χ2n) is 8.00. The van der Waals surface area contributed by atoms with Gasteiger partial charge in [0.2, 0.25) is 5.91 Å². The molecule has 2 aliphatic rings. The van der Waals surface area contributed by atoms with E-state index in [2.05, 4.69) is 17.2 Å². The fourth-order valence-electron chi connectivity index (χ4n) is 3.96. The van der Waals surface area contributed by atoms with Crippen LogP contribution in [0.2, 0.25) is 0 Å². The highest BCUT2D eigenvalue weighted by atomic mass is 32.1. The van der Waals surface area contributed by atoms with Crippen LogP contribution in [0.3, 0.4) is 0 Å². The molecule has 0 spiro atoms. The normalized spacial score (nSPS) is 17.5. The van der Waals surface area contributed by atoms with Crippen molar-refractivity contribution in [1.29, 1.82) is 0 Å². The molecule has 31 heavy (non-hydrogen) atoms. The van der Waals surface area contributed by atoms with E-state index in [1.54, 1.807) is 0 Å². The third-order valence-electron chi connectivity index (χ3n) is 5.66. The van der Waals surface area contributed by atoms with Gasteiger partial charge >= 0.3 is 0 Å². The quantitative estimate of drug-likeness (QED) is 0.620. The number of hydrogen-bond donors (Lipinski definition) is 1. The molecule has 1 saturated carbocycles. The van der Waals surface area contributed by atoms with E-state index < -0.39 is 17.5 Å². The summed E-state index contributed by atoms with van der Waals surface area (Å²) in [4.78, 5) is 31.3. The largest absolute Gasteiger partial charge is 0.309 e. The minimum absolute atomic E-state index is 0.134. The van der Waals surface area contributed by atoms with Gasteiger partial charge in [0.25, 0.3) is 5.91 Å². The summed E-state index contributed by atoms with van der Waals surface area (Å²) in [6.07, 6.45) is 2.74. The van der Waals surface area contributed by atoms with Crippen LogP contribution in [-0.2, 0) is 11.2 Å². The molecular weight excluding hydrogens is 420 g/mol. The van der Waals surface area contributed by atoms with Crippen LogP contribution in [0.5, 0.6) is 0 Å². The first kappa shape index (κ1) is 19.8. The molecular formula is C23H19F2N3O2S. The summed E-state index contributed by atoms with van der Waals surface area (Å²) in [5.74, 6) is -1.97. The fraction of sp³-hybridized carbons (Fsp3) is 0.261. The summed E-state index contributed by atoms with van der Waals surface area (Å²) in [5.41, 5.74) is 3.39. The number of fused-ring (bicyclic) bond motifs is 1. The second kappa shape index (κ2) is 7.53. The lowest BCUT2D eigenvalue weighted by atomic mass is 10.1. The lowest BCUT2D eigenvalue weighted by molar-refractivity contribution is -0.120. The number of hydrogen-bond acceptors (Lipinski definition) is 4. The number of anilines is 2. The third-order valence-corrected chi connectivity index (χ3v) is 6.41. The number of thiazole rings is 1. The van der Waals surface area contributed by atoms with E-state index in [9.17, 15) is 18.4 Å². The molecule has 5 nitrogen and oxygen atoms in total. The molecule has 8 heteroatoms. The summed E-state index contributed by atoms with van der Waals surface area (Å²) in [7, 11) is 0. The van der Waals surface area contributed by atoms with Crippen LogP contribution >= 0.6 is 11.3 Å². The van der Waals surface area contributed by atoms with Gasteiger partial charge in [-0.2, -0.15) is 0 Å². The van der Waals surface area contributed by atoms with Crippen molar-refractivity contribution < 1.29 is 18.4 Å². The van der Waals surface area contributed by atoms with E-state index in [4.69, 9.17) is 0 Å². The number of carbonyl (C=O) groups is 2. The summed E-state index contributed by atoms with van der Waals surface area (Å²) in [6, 6.07) is 8.86. The van der Waals surface area contributed by atoms with E-state index in [1.165, 1.54) is 11.3 Å². The van der Waals surface area contributed by atoms with E-state index in [0.717, 1.165) is 48.2 Å². The van der Waals surface area contributed by atoms with Gasteiger partial charge in [-0.05, 0) is 56.0 Å². The number of halogens is 2. The molecule has 2 amide bonds. The molecule has 0 radical (unpaired) electrons. The topological polar surface area (TPSA) is 62.3 Å². The Morgan fingerprint density at radius 2 is 1.97 bits per heavy atom. The number of aromatic nitrogens is 1. The minimum atomic E-state index is -0.924. The van der Waals surface area contributed by atoms with Crippen molar-refractivity contribution in [2.24, 2.45) is 5.92 Å². The van der Waals surface area contributed by atoms with Gasteiger partial charge in [-0.25, -0.2) is 13.8 Å². The van der Waals surface area contributed by atoms with Crippen molar-refractivity contribution in [3.05, 3.63) is 64.5 Å². The molecule has 0 bridgehead atoms. The molecule has 1 fully saturated rings. The van der Waals surface area contributed by atoms with Crippen LogP contribution < -0.4 is 10.2 Å². The predicted molar refractivity (Wildman–Crippen MR) is 115 cm³/mol. The Hall–Kier alpha value is -3.13. The Labute approximate surface area is 181 Å². The number of nitrogens with zero attached hydrogens (tertiary/aromatic N) is 2. The Balaban J connectivity index is 1.35. The third kappa shape index (κ3) is 3.72. The number of amides is 2. The Morgan fingerprint density at radius 1 is 1.16 bits per heavy atom. The highest BCUT2D eigenvalue weighted by Gasteiger charge is 2.39. The van der Waals surface area contributed by atoms with Gasteiger partial charge in [0, 0.05) is 34.7 Å². The Kier molecular flexibility index (Phi) is 4.81. The monoisotopic (exact) mass is 439 g/mol. The maximum Gasteiger partial charge on any atom is 0.260 e. The zero-order chi connectivity index (χ0) is 21.7. The summed E-state index contributed by atoms with van der Waals surface area (Å²) in [5, 5.41) is 4.69. The van der Waals surface area contributed by atoms with Crippen LogP contribution in [0, 0.1) is 17.6 Å².